The van der Waals surface area contributed by atoms with Crippen molar-refractivity contribution in [3.63, 3.8) is 0 Å². The molecule has 9 heteroatoms. The molecule has 0 unspecified atom stereocenters. The number of nitrogens with one attached hydrogen (secondary N) is 2. The predicted molar refractivity (Wildman–Crippen MR) is 93.2 cm³/mol. The molecule has 2 N–H and O–H groups in total. The van der Waals surface area contributed by atoms with Crippen LogP contribution in [0, 0.1) is 5.82 Å². The third-order valence-electron chi connectivity index (χ3n) is 2.97. The van der Waals surface area contributed by atoms with Gasteiger partial charge in [0.2, 0.25) is 0 Å². The van der Waals surface area contributed by atoms with Crippen molar-refractivity contribution >= 4 is 39.3 Å². The van der Waals surface area contributed by atoms with Crippen LogP contribution >= 0.6 is 27.5 Å². The lowest BCUT2D eigenvalue weighted by Crippen LogP contribution is -2.43. The summed E-state index contributed by atoms with van der Waals surface area (Å²) in [5.74, 6) is -1.05. The Balaban J connectivity index is 1.89. The van der Waals surface area contributed by atoms with Crippen molar-refractivity contribution in [3.8, 4) is 11.5 Å². The lowest BCUT2D eigenvalue weighted by atomic mass is 10.2. The second-order valence-electron chi connectivity index (χ2n) is 4.71. The number of hydrazine groups is 1. The molecule has 0 heterocycles. The molecule has 2 aromatic carbocycles. The fourth-order valence-electron chi connectivity index (χ4n) is 1.82. The van der Waals surface area contributed by atoms with Crippen LogP contribution in [0.3, 0.4) is 0 Å². The van der Waals surface area contributed by atoms with E-state index in [4.69, 9.17) is 21.1 Å². The Morgan fingerprint density at radius 3 is 2.56 bits per heavy atom. The Kier molecular flexibility index (Phi) is 6.60. The topological polar surface area (TPSA) is 76.7 Å². The fraction of sp³-hybridized carbons (Fsp3) is 0.125. The Labute approximate surface area is 156 Å². The van der Waals surface area contributed by atoms with Gasteiger partial charge in [-0.15, -0.1) is 0 Å². The van der Waals surface area contributed by atoms with Crippen LogP contribution in [0.5, 0.6) is 11.5 Å². The molecule has 0 aromatic heterocycles. The normalized spacial score (nSPS) is 10.1. The Morgan fingerprint density at radius 2 is 1.88 bits per heavy atom. The van der Waals surface area contributed by atoms with Crippen LogP contribution < -0.4 is 20.3 Å². The van der Waals surface area contributed by atoms with E-state index in [1.54, 1.807) is 6.07 Å². The lowest BCUT2D eigenvalue weighted by molar-refractivity contribution is -0.123. The number of carbonyl (C=O) groups is 2. The summed E-state index contributed by atoms with van der Waals surface area (Å²) in [5, 5.41) is 0.349. The SMILES string of the molecule is COc1ccc(Cl)cc1C(=O)NNC(=O)COc1ccc(F)cc1Br. The first-order valence-electron chi connectivity index (χ1n) is 6.91. The molecule has 0 atom stereocenters. The summed E-state index contributed by atoms with van der Waals surface area (Å²) in [6, 6.07) is 8.31. The van der Waals surface area contributed by atoms with Crippen molar-refractivity contribution in [2.45, 2.75) is 0 Å². The number of methoxy groups -OCH3 is 1. The van der Waals surface area contributed by atoms with Crippen molar-refractivity contribution in [2.24, 2.45) is 0 Å². The number of carbonyl (C=O) groups excluding carboxylic acids is 2. The summed E-state index contributed by atoms with van der Waals surface area (Å²) in [5.41, 5.74) is 4.60. The van der Waals surface area contributed by atoms with Gasteiger partial charge in [0.25, 0.3) is 11.8 Å². The summed E-state index contributed by atoms with van der Waals surface area (Å²) < 4.78 is 23.6. The van der Waals surface area contributed by atoms with Crippen LogP contribution in [-0.2, 0) is 4.79 Å². The van der Waals surface area contributed by atoms with Gasteiger partial charge in [0, 0.05) is 5.02 Å². The number of hydrogen-bond donors (Lipinski definition) is 2. The third kappa shape index (κ3) is 5.33. The van der Waals surface area contributed by atoms with Gasteiger partial charge >= 0.3 is 0 Å². The molecule has 0 saturated heterocycles. The first-order valence-corrected chi connectivity index (χ1v) is 8.08. The molecule has 25 heavy (non-hydrogen) atoms. The van der Waals surface area contributed by atoms with E-state index >= 15 is 0 Å². The number of hydrogen-bond acceptors (Lipinski definition) is 4. The van der Waals surface area contributed by atoms with Gasteiger partial charge in [-0.25, -0.2) is 4.39 Å². The minimum atomic E-state index is -0.606. The van der Waals surface area contributed by atoms with Gasteiger partial charge in [0.15, 0.2) is 6.61 Å². The van der Waals surface area contributed by atoms with Gasteiger partial charge in [-0.2, -0.15) is 0 Å². The number of halogens is 3. The highest BCUT2D eigenvalue weighted by Crippen LogP contribution is 2.25. The Hall–Kier alpha value is -2.32. The van der Waals surface area contributed by atoms with E-state index in [2.05, 4.69) is 26.8 Å². The highest BCUT2D eigenvalue weighted by molar-refractivity contribution is 9.10. The molecule has 0 aliphatic carbocycles. The predicted octanol–water partition coefficient (Wildman–Crippen LogP) is 3.09. The maximum Gasteiger partial charge on any atom is 0.276 e. The zero-order valence-corrected chi connectivity index (χ0v) is 15.3. The van der Waals surface area contributed by atoms with Gasteiger partial charge in [-0.1, -0.05) is 11.6 Å². The monoisotopic (exact) mass is 430 g/mol. The van der Waals surface area contributed by atoms with Crippen molar-refractivity contribution in [1.29, 1.82) is 0 Å². The zero-order chi connectivity index (χ0) is 18.4. The molecule has 0 bridgehead atoms. The van der Waals surface area contributed by atoms with Crippen LogP contribution in [0.4, 0.5) is 4.39 Å². The first kappa shape index (κ1) is 19.0. The average Bonchev–Trinajstić information content (AvgIpc) is 2.58. The lowest BCUT2D eigenvalue weighted by Gasteiger charge is -2.11. The van der Waals surface area contributed by atoms with E-state index in [0.29, 0.717) is 21.0 Å². The standard InChI is InChI=1S/C16H13BrClFN2O4/c1-24-13-4-2-9(18)6-11(13)16(23)21-20-15(22)8-25-14-5-3-10(19)7-12(14)17/h2-7H,8H2,1H3,(H,20,22)(H,21,23). The second-order valence-corrected chi connectivity index (χ2v) is 6.00. The van der Waals surface area contributed by atoms with E-state index in [-0.39, 0.29) is 12.2 Å². The van der Waals surface area contributed by atoms with E-state index in [9.17, 15) is 14.0 Å². The van der Waals surface area contributed by atoms with Crippen LogP contribution in [0.25, 0.3) is 0 Å². The quantitative estimate of drug-likeness (QED) is 0.713. The van der Waals surface area contributed by atoms with Crippen molar-refractivity contribution < 1.29 is 23.5 Å². The number of ether oxygens (including phenoxy) is 2. The van der Waals surface area contributed by atoms with Gasteiger partial charge in [0.1, 0.15) is 17.3 Å². The summed E-state index contributed by atoms with van der Waals surface area (Å²) in [6.45, 7) is -0.378. The smallest absolute Gasteiger partial charge is 0.276 e. The summed E-state index contributed by atoms with van der Waals surface area (Å²) >= 11 is 8.97. The minimum Gasteiger partial charge on any atom is -0.496 e. The summed E-state index contributed by atoms with van der Waals surface area (Å²) in [7, 11) is 1.41. The molecule has 0 saturated carbocycles. The van der Waals surface area contributed by atoms with Crippen LogP contribution in [0.15, 0.2) is 40.9 Å². The molecule has 0 fully saturated rings. The zero-order valence-electron chi connectivity index (χ0n) is 12.9. The maximum absolute atomic E-state index is 13.0. The molecular weight excluding hydrogens is 419 g/mol. The van der Waals surface area contributed by atoms with E-state index in [1.807, 2.05) is 0 Å². The van der Waals surface area contributed by atoms with Gasteiger partial charge in [0.05, 0.1) is 17.1 Å². The maximum atomic E-state index is 13.0. The Bertz CT molecular complexity index is 804. The molecule has 0 radical (unpaired) electrons. The fourth-order valence-corrected chi connectivity index (χ4v) is 2.46. The van der Waals surface area contributed by atoms with Crippen molar-refractivity contribution in [2.75, 3.05) is 13.7 Å². The molecule has 6 nitrogen and oxygen atoms in total. The molecule has 0 aliphatic heterocycles. The van der Waals surface area contributed by atoms with E-state index < -0.39 is 17.6 Å². The summed E-state index contributed by atoms with van der Waals surface area (Å²) in [6.07, 6.45) is 0. The first-order chi connectivity index (χ1) is 11.9. The molecule has 2 rings (SSSR count). The van der Waals surface area contributed by atoms with Gasteiger partial charge in [-0.05, 0) is 52.3 Å². The minimum absolute atomic E-state index is 0.164. The largest absolute Gasteiger partial charge is 0.496 e. The van der Waals surface area contributed by atoms with Crippen molar-refractivity contribution in [1.82, 2.24) is 10.9 Å². The van der Waals surface area contributed by atoms with E-state index in [0.717, 1.165) is 0 Å². The number of amides is 2. The molecule has 132 valence electrons. The van der Waals surface area contributed by atoms with Gasteiger partial charge < -0.3 is 9.47 Å². The Morgan fingerprint density at radius 1 is 1.16 bits per heavy atom. The molecule has 2 amide bonds. The molecule has 2 aromatic rings. The van der Waals surface area contributed by atoms with E-state index in [1.165, 1.54) is 37.4 Å². The van der Waals surface area contributed by atoms with Crippen LogP contribution in [0.2, 0.25) is 5.02 Å². The number of benzene rings is 2. The molecule has 0 spiro atoms. The molecular formula is C16H13BrClFN2O4. The highest BCUT2D eigenvalue weighted by Gasteiger charge is 2.14. The molecule has 0 aliphatic rings. The average molecular weight is 432 g/mol. The third-order valence-corrected chi connectivity index (χ3v) is 3.83. The number of rotatable bonds is 5. The summed E-state index contributed by atoms with van der Waals surface area (Å²) in [4.78, 5) is 23.8. The highest BCUT2D eigenvalue weighted by atomic mass is 79.9. The second kappa shape index (κ2) is 8.68. The van der Waals surface area contributed by atoms with Gasteiger partial charge in [-0.3, -0.25) is 20.4 Å². The van der Waals surface area contributed by atoms with Crippen LogP contribution in [-0.4, -0.2) is 25.5 Å². The van der Waals surface area contributed by atoms with Crippen LogP contribution in [0.1, 0.15) is 10.4 Å². The van der Waals surface area contributed by atoms with Crippen molar-refractivity contribution in [3.05, 3.63) is 57.3 Å².